The zero-order valence-electron chi connectivity index (χ0n) is 12.7. The van der Waals surface area contributed by atoms with Crippen molar-refractivity contribution in [1.82, 2.24) is 15.1 Å². The van der Waals surface area contributed by atoms with Gasteiger partial charge in [-0.1, -0.05) is 5.16 Å². The number of aryl methyl sites for hydroxylation is 3. The summed E-state index contributed by atoms with van der Waals surface area (Å²) >= 11 is 0. The first kappa shape index (κ1) is 14.6. The minimum atomic E-state index is -3.37. The first-order valence-electron chi connectivity index (χ1n) is 6.66. The Morgan fingerprint density at radius 3 is 2.55 bits per heavy atom. The number of imidazole rings is 1. The lowest BCUT2D eigenvalue weighted by atomic mass is 10.0. The monoisotopic (exact) mass is 320 g/mol. The number of H-pyrrole nitrogens is 1. The summed E-state index contributed by atoms with van der Waals surface area (Å²) in [5.74, 6) is 0.946. The fourth-order valence-electron chi connectivity index (χ4n) is 2.55. The number of anilines is 1. The van der Waals surface area contributed by atoms with Crippen LogP contribution in [0.1, 0.15) is 17.0 Å². The number of rotatable bonds is 3. The van der Waals surface area contributed by atoms with Crippen molar-refractivity contribution in [3.05, 3.63) is 29.2 Å². The van der Waals surface area contributed by atoms with Crippen LogP contribution in [0.25, 0.3) is 22.2 Å². The molecule has 116 valence electrons. The zero-order valence-corrected chi connectivity index (χ0v) is 13.5. The normalized spacial score (nSPS) is 12.0. The van der Waals surface area contributed by atoms with E-state index in [1.807, 2.05) is 32.9 Å². The summed E-state index contributed by atoms with van der Waals surface area (Å²) in [6.07, 6.45) is 1.09. The van der Waals surface area contributed by atoms with Crippen LogP contribution in [-0.4, -0.2) is 29.8 Å². The zero-order chi connectivity index (χ0) is 16.1. The molecule has 0 aliphatic carbocycles. The molecule has 0 unspecified atom stereocenters. The smallest absolute Gasteiger partial charge is 0.232 e. The third kappa shape index (κ3) is 2.57. The van der Waals surface area contributed by atoms with E-state index in [0.717, 1.165) is 45.4 Å². The van der Waals surface area contributed by atoms with Gasteiger partial charge in [0.05, 0.1) is 23.0 Å². The van der Waals surface area contributed by atoms with Gasteiger partial charge in [0.2, 0.25) is 16.0 Å². The molecule has 0 atom stereocenters. The van der Waals surface area contributed by atoms with E-state index in [-0.39, 0.29) is 5.95 Å². The molecule has 0 saturated heterocycles. The van der Waals surface area contributed by atoms with Crippen LogP contribution in [0.15, 0.2) is 16.7 Å². The first-order chi connectivity index (χ1) is 10.2. The Labute approximate surface area is 127 Å². The second kappa shape index (κ2) is 4.84. The summed E-state index contributed by atoms with van der Waals surface area (Å²) in [6.45, 7) is 5.67. The number of fused-ring (bicyclic) bond motifs is 1. The minimum Gasteiger partial charge on any atom is -0.361 e. The van der Waals surface area contributed by atoms with Gasteiger partial charge in [-0.2, -0.15) is 0 Å². The maximum Gasteiger partial charge on any atom is 0.232 e. The predicted octanol–water partition coefficient (Wildman–Crippen LogP) is 2.51. The predicted molar refractivity (Wildman–Crippen MR) is 84.3 cm³/mol. The van der Waals surface area contributed by atoms with Gasteiger partial charge in [-0.3, -0.25) is 4.72 Å². The second-order valence-electron chi connectivity index (χ2n) is 5.35. The number of aromatic amines is 1. The lowest BCUT2D eigenvalue weighted by Gasteiger charge is -2.03. The molecule has 7 nitrogen and oxygen atoms in total. The van der Waals surface area contributed by atoms with E-state index in [1.165, 1.54) is 0 Å². The van der Waals surface area contributed by atoms with Crippen molar-refractivity contribution in [2.45, 2.75) is 20.8 Å². The summed E-state index contributed by atoms with van der Waals surface area (Å²) in [4.78, 5) is 7.26. The van der Waals surface area contributed by atoms with E-state index in [0.29, 0.717) is 0 Å². The molecule has 0 saturated carbocycles. The topological polar surface area (TPSA) is 101 Å². The van der Waals surface area contributed by atoms with Gasteiger partial charge in [-0.15, -0.1) is 0 Å². The lowest BCUT2D eigenvalue weighted by Crippen LogP contribution is -2.10. The van der Waals surface area contributed by atoms with Crippen molar-refractivity contribution >= 4 is 27.0 Å². The number of nitrogens with zero attached hydrogens (tertiary/aromatic N) is 2. The van der Waals surface area contributed by atoms with Crippen LogP contribution in [0.4, 0.5) is 5.95 Å². The van der Waals surface area contributed by atoms with E-state index in [1.54, 1.807) is 0 Å². The van der Waals surface area contributed by atoms with E-state index in [4.69, 9.17) is 4.52 Å². The number of hydrogen-bond acceptors (Lipinski definition) is 5. The third-order valence-corrected chi connectivity index (χ3v) is 3.95. The van der Waals surface area contributed by atoms with Crippen LogP contribution >= 0.6 is 0 Å². The van der Waals surface area contributed by atoms with Crippen LogP contribution in [0, 0.1) is 20.8 Å². The Hall–Kier alpha value is -2.35. The molecule has 0 radical (unpaired) electrons. The highest BCUT2D eigenvalue weighted by Gasteiger charge is 2.15. The molecule has 22 heavy (non-hydrogen) atoms. The Morgan fingerprint density at radius 1 is 1.23 bits per heavy atom. The van der Waals surface area contributed by atoms with Gasteiger partial charge in [-0.05, 0) is 44.0 Å². The van der Waals surface area contributed by atoms with Crippen molar-refractivity contribution in [2.75, 3.05) is 11.0 Å². The van der Waals surface area contributed by atoms with Crippen molar-refractivity contribution in [1.29, 1.82) is 0 Å². The van der Waals surface area contributed by atoms with E-state index in [2.05, 4.69) is 19.8 Å². The second-order valence-corrected chi connectivity index (χ2v) is 7.10. The highest BCUT2D eigenvalue weighted by molar-refractivity contribution is 7.91. The lowest BCUT2D eigenvalue weighted by molar-refractivity contribution is 0.393. The molecule has 2 aromatic heterocycles. The van der Waals surface area contributed by atoms with Crippen LogP contribution in [0.2, 0.25) is 0 Å². The van der Waals surface area contributed by atoms with Crippen LogP contribution in [-0.2, 0) is 10.0 Å². The van der Waals surface area contributed by atoms with Gasteiger partial charge < -0.3 is 9.51 Å². The van der Waals surface area contributed by atoms with Crippen LogP contribution in [0.3, 0.4) is 0 Å². The van der Waals surface area contributed by atoms with Gasteiger partial charge in [0.25, 0.3) is 0 Å². The van der Waals surface area contributed by atoms with Crippen LogP contribution < -0.4 is 4.72 Å². The number of sulfonamides is 1. The molecule has 2 heterocycles. The number of aromatic nitrogens is 3. The first-order valence-corrected chi connectivity index (χ1v) is 8.55. The van der Waals surface area contributed by atoms with Gasteiger partial charge in [0.15, 0.2) is 0 Å². The summed E-state index contributed by atoms with van der Waals surface area (Å²) in [5, 5.41) is 3.96. The standard InChI is InChI=1S/C14H16N4O3S/c1-7-5-10(12-8(2)17-21-9(12)3)6-11-13(7)16-14(15-11)18-22(4,19)20/h5-6H,1-4H3,(H2,15,16,18). The maximum absolute atomic E-state index is 11.3. The number of hydrogen-bond donors (Lipinski definition) is 2. The fourth-order valence-corrected chi connectivity index (χ4v) is 3.00. The molecular formula is C14H16N4O3S. The molecule has 3 rings (SSSR count). The Balaban J connectivity index is 2.16. The number of nitrogens with one attached hydrogen (secondary N) is 2. The molecule has 1 aromatic carbocycles. The van der Waals surface area contributed by atoms with E-state index >= 15 is 0 Å². The highest BCUT2D eigenvalue weighted by Crippen LogP contribution is 2.31. The van der Waals surface area contributed by atoms with Crippen molar-refractivity contribution in [3.63, 3.8) is 0 Å². The Bertz CT molecular complexity index is 950. The van der Waals surface area contributed by atoms with Crippen molar-refractivity contribution in [2.24, 2.45) is 0 Å². The Morgan fingerprint density at radius 2 is 1.95 bits per heavy atom. The van der Waals surface area contributed by atoms with Gasteiger partial charge in [0, 0.05) is 5.56 Å². The highest BCUT2D eigenvalue weighted by atomic mass is 32.2. The quantitative estimate of drug-likeness (QED) is 0.772. The molecule has 3 aromatic rings. The molecule has 8 heteroatoms. The van der Waals surface area contributed by atoms with E-state index in [9.17, 15) is 8.42 Å². The Kier molecular flexibility index (Phi) is 3.21. The molecule has 0 spiro atoms. The average Bonchev–Trinajstić information content (AvgIpc) is 2.91. The minimum absolute atomic E-state index is 0.205. The van der Waals surface area contributed by atoms with Crippen molar-refractivity contribution in [3.8, 4) is 11.1 Å². The molecule has 2 N–H and O–H groups in total. The third-order valence-electron chi connectivity index (χ3n) is 3.38. The van der Waals surface area contributed by atoms with Gasteiger partial charge >= 0.3 is 0 Å². The van der Waals surface area contributed by atoms with Gasteiger partial charge in [-0.25, -0.2) is 13.4 Å². The summed E-state index contributed by atoms with van der Waals surface area (Å²) < 4.78 is 30.2. The van der Waals surface area contributed by atoms with Crippen molar-refractivity contribution < 1.29 is 12.9 Å². The molecule has 0 aliphatic rings. The molecule has 0 fully saturated rings. The molecule has 0 aliphatic heterocycles. The van der Waals surface area contributed by atoms with E-state index < -0.39 is 10.0 Å². The molecular weight excluding hydrogens is 304 g/mol. The molecule has 0 bridgehead atoms. The summed E-state index contributed by atoms with van der Waals surface area (Å²) in [6, 6.07) is 3.90. The summed E-state index contributed by atoms with van der Waals surface area (Å²) in [5.41, 5.74) is 5.12. The van der Waals surface area contributed by atoms with Gasteiger partial charge in [0.1, 0.15) is 5.76 Å². The maximum atomic E-state index is 11.3. The number of benzene rings is 1. The largest absolute Gasteiger partial charge is 0.361 e. The van der Waals surface area contributed by atoms with Crippen LogP contribution in [0.5, 0.6) is 0 Å². The summed E-state index contributed by atoms with van der Waals surface area (Å²) in [7, 11) is -3.37. The molecule has 0 amide bonds. The fraction of sp³-hybridized carbons (Fsp3) is 0.286. The SMILES string of the molecule is Cc1noc(C)c1-c1cc(C)c2nc(NS(C)(=O)=O)[nH]c2c1. The average molecular weight is 320 g/mol.